The van der Waals surface area contributed by atoms with Crippen LogP contribution < -0.4 is 0 Å². The van der Waals surface area contributed by atoms with E-state index in [0.29, 0.717) is 12.8 Å². The third-order valence-corrected chi connectivity index (χ3v) is 3.72. The number of carboxylic acids is 1. The topological polar surface area (TPSA) is 98.0 Å². The second-order valence-corrected chi connectivity index (χ2v) is 6.24. The molecule has 0 saturated carbocycles. The van der Waals surface area contributed by atoms with E-state index in [-0.39, 0.29) is 6.42 Å². The smallest absolute Gasteiger partial charge is 0.303 e. The molecule has 0 amide bonds. The van der Waals surface area contributed by atoms with Crippen molar-refractivity contribution in [2.45, 2.75) is 70.2 Å². The Morgan fingerprint density at radius 1 is 0.815 bits per heavy atom. The maximum atomic E-state index is 10.4. The Morgan fingerprint density at radius 3 is 2.07 bits per heavy atom. The molecule has 3 atom stereocenters. The van der Waals surface area contributed by atoms with E-state index >= 15 is 0 Å². The van der Waals surface area contributed by atoms with E-state index in [4.69, 9.17) is 5.11 Å². The van der Waals surface area contributed by atoms with E-state index in [0.717, 1.165) is 25.7 Å². The summed E-state index contributed by atoms with van der Waals surface area (Å²) in [5.74, 6) is -0.795. The Morgan fingerprint density at radius 2 is 1.44 bits per heavy atom. The van der Waals surface area contributed by atoms with E-state index in [2.05, 4.69) is 19.1 Å². The molecule has 0 aliphatic rings. The summed E-state index contributed by atoms with van der Waals surface area (Å²) in [6.45, 7) is 2.08. The summed E-state index contributed by atoms with van der Waals surface area (Å²) in [4.78, 5) is 10.4. The van der Waals surface area contributed by atoms with Gasteiger partial charge in [0.25, 0.3) is 0 Å². The summed E-state index contributed by atoms with van der Waals surface area (Å²) in [6.07, 6.45) is 19.5. The highest BCUT2D eigenvalue weighted by molar-refractivity contribution is 5.66. The van der Waals surface area contributed by atoms with Gasteiger partial charge in [0.2, 0.25) is 0 Å². The molecule has 4 N–H and O–H groups in total. The van der Waals surface area contributed by atoms with Crippen molar-refractivity contribution in [2.24, 2.45) is 0 Å². The molecule has 0 heterocycles. The van der Waals surface area contributed by atoms with Gasteiger partial charge in [-0.3, -0.25) is 4.79 Å². The minimum atomic E-state index is -1.02. The summed E-state index contributed by atoms with van der Waals surface area (Å²) in [5.41, 5.74) is 0. The van der Waals surface area contributed by atoms with Crippen molar-refractivity contribution < 1.29 is 25.2 Å². The number of carbonyl (C=O) groups is 1. The molecule has 0 radical (unpaired) electrons. The minimum absolute atomic E-state index is 0.162. The molecule has 0 aliphatic heterocycles. The molecular formula is C22H34O5. The van der Waals surface area contributed by atoms with Gasteiger partial charge < -0.3 is 20.4 Å². The predicted molar refractivity (Wildman–Crippen MR) is 109 cm³/mol. The fourth-order valence-corrected chi connectivity index (χ4v) is 2.18. The Kier molecular flexibility index (Phi) is 16.2. The zero-order chi connectivity index (χ0) is 20.3. The number of allylic oxidation sites excluding steroid dienone is 7. The monoisotopic (exact) mass is 378 g/mol. The minimum Gasteiger partial charge on any atom is -0.481 e. The molecule has 5 nitrogen and oxygen atoms in total. The summed E-state index contributed by atoms with van der Waals surface area (Å²) < 4.78 is 0. The molecule has 3 unspecified atom stereocenters. The number of aliphatic hydroxyl groups excluding tert-OH is 3. The van der Waals surface area contributed by atoms with E-state index in [1.165, 1.54) is 12.2 Å². The van der Waals surface area contributed by atoms with Crippen LogP contribution in [0.15, 0.2) is 60.8 Å². The maximum Gasteiger partial charge on any atom is 0.303 e. The first-order chi connectivity index (χ1) is 13.0. The number of unbranched alkanes of at least 4 members (excludes halogenated alkanes) is 2. The maximum absolute atomic E-state index is 10.4. The van der Waals surface area contributed by atoms with Crippen molar-refractivity contribution in [1.82, 2.24) is 0 Å². The van der Waals surface area contributed by atoms with Crippen LogP contribution in [0.2, 0.25) is 0 Å². The lowest BCUT2D eigenvalue weighted by molar-refractivity contribution is -0.137. The van der Waals surface area contributed by atoms with Crippen molar-refractivity contribution in [3.63, 3.8) is 0 Å². The van der Waals surface area contributed by atoms with Crippen LogP contribution in [0.4, 0.5) is 0 Å². The molecule has 152 valence electrons. The first kappa shape index (κ1) is 25.1. The van der Waals surface area contributed by atoms with Crippen molar-refractivity contribution >= 4 is 5.97 Å². The SMILES string of the molecule is CC/C=C\C/C=C\C=C\C(O)C(O)/C=C/C=C\C(O)CCCCCC(=O)O. The van der Waals surface area contributed by atoms with Crippen LogP contribution in [0, 0.1) is 0 Å². The quantitative estimate of drug-likeness (QED) is 0.198. The summed E-state index contributed by atoms with van der Waals surface area (Å²) in [6, 6.07) is 0. The lowest BCUT2D eigenvalue weighted by Crippen LogP contribution is -2.20. The standard InChI is InChI=1S/C22H34O5/c1-2-3-4-5-6-7-10-16-20(24)21(25)17-13-12-15-19(23)14-9-8-11-18-22(26)27/h3-4,6-7,10,12-13,15-17,19-21,23-25H,2,5,8-9,11,14,18H2,1H3,(H,26,27)/b4-3-,7-6-,15-12-,16-10+,17-13+. The van der Waals surface area contributed by atoms with Gasteiger partial charge in [0, 0.05) is 6.42 Å². The average molecular weight is 379 g/mol. The zero-order valence-corrected chi connectivity index (χ0v) is 16.2. The van der Waals surface area contributed by atoms with E-state index in [9.17, 15) is 20.1 Å². The first-order valence-electron chi connectivity index (χ1n) is 9.56. The second-order valence-electron chi connectivity index (χ2n) is 6.24. The number of hydrogen-bond acceptors (Lipinski definition) is 4. The lowest BCUT2D eigenvalue weighted by Gasteiger charge is -2.09. The molecule has 0 aromatic heterocycles. The van der Waals surface area contributed by atoms with Crippen LogP contribution in [0.1, 0.15) is 51.9 Å². The van der Waals surface area contributed by atoms with Crippen LogP contribution in [-0.4, -0.2) is 44.7 Å². The average Bonchev–Trinajstić information content (AvgIpc) is 2.63. The Hall–Kier alpha value is -1.95. The number of hydrogen-bond donors (Lipinski definition) is 4. The van der Waals surface area contributed by atoms with Gasteiger partial charge in [0.1, 0.15) is 12.2 Å². The van der Waals surface area contributed by atoms with Gasteiger partial charge in [-0.05, 0) is 25.7 Å². The summed E-state index contributed by atoms with van der Waals surface area (Å²) >= 11 is 0. The molecule has 0 spiro atoms. The number of rotatable bonds is 15. The van der Waals surface area contributed by atoms with Crippen LogP contribution in [-0.2, 0) is 4.79 Å². The van der Waals surface area contributed by atoms with E-state index in [1.807, 2.05) is 12.2 Å². The van der Waals surface area contributed by atoms with Gasteiger partial charge in [0.15, 0.2) is 0 Å². The molecule has 0 saturated heterocycles. The Labute approximate surface area is 162 Å². The van der Waals surface area contributed by atoms with Gasteiger partial charge in [-0.2, -0.15) is 0 Å². The molecular weight excluding hydrogens is 344 g/mol. The third kappa shape index (κ3) is 17.2. The number of aliphatic hydroxyl groups is 3. The van der Waals surface area contributed by atoms with Crippen LogP contribution >= 0.6 is 0 Å². The highest BCUT2D eigenvalue weighted by Crippen LogP contribution is 2.07. The molecule has 27 heavy (non-hydrogen) atoms. The lowest BCUT2D eigenvalue weighted by atomic mass is 10.1. The van der Waals surface area contributed by atoms with Crippen molar-refractivity contribution in [3.8, 4) is 0 Å². The van der Waals surface area contributed by atoms with Crippen molar-refractivity contribution in [2.75, 3.05) is 0 Å². The fourth-order valence-electron chi connectivity index (χ4n) is 2.18. The fraction of sp³-hybridized carbons (Fsp3) is 0.500. The molecule has 0 fully saturated rings. The molecule has 0 aliphatic carbocycles. The van der Waals surface area contributed by atoms with Gasteiger partial charge in [-0.15, -0.1) is 0 Å². The highest BCUT2D eigenvalue weighted by Gasteiger charge is 2.07. The van der Waals surface area contributed by atoms with Crippen LogP contribution in [0.3, 0.4) is 0 Å². The molecule has 5 heteroatoms. The van der Waals surface area contributed by atoms with Crippen molar-refractivity contribution in [3.05, 3.63) is 60.8 Å². The van der Waals surface area contributed by atoms with Gasteiger partial charge in [0.05, 0.1) is 6.10 Å². The summed E-state index contributed by atoms with van der Waals surface area (Å²) in [7, 11) is 0. The summed E-state index contributed by atoms with van der Waals surface area (Å²) in [5, 5.41) is 38.0. The number of aliphatic carboxylic acids is 1. The van der Waals surface area contributed by atoms with Crippen LogP contribution in [0.25, 0.3) is 0 Å². The molecule has 0 bridgehead atoms. The zero-order valence-electron chi connectivity index (χ0n) is 16.2. The third-order valence-electron chi connectivity index (χ3n) is 3.72. The van der Waals surface area contributed by atoms with E-state index in [1.54, 1.807) is 24.3 Å². The Balaban J connectivity index is 4.01. The predicted octanol–water partition coefficient (Wildman–Crippen LogP) is 3.69. The second kappa shape index (κ2) is 17.5. The molecule has 0 aromatic carbocycles. The highest BCUT2D eigenvalue weighted by atomic mass is 16.4. The van der Waals surface area contributed by atoms with Gasteiger partial charge in [-0.25, -0.2) is 0 Å². The molecule has 0 rings (SSSR count). The van der Waals surface area contributed by atoms with Crippen molar-refractivity contribution in [1.29, 1.82) is 0 Å². The van der Waals surface area contributed by atoms with E-state index < -0.39 is 24.3 Å². The van der Waals surface area contributed by atoms with Gasteiger partial charge >= 0.3 is 5.97 Å². The Bertz CT molecular complexity index is 517. The van der Waals surface area contributed by atoms with Gasteiger partial charge in [-0.1, -0.05) is 80.5 Å². The molecule has 0 aromatic rings. The first-order valence-corrected chi connectivity index (χ1v) is 9.56. The normalized spacial score (nSPS) is 16.3. The largest absolute Gasteiger partial charge is 0.481 e. The number of carboxylic acid groups (broad SMARTS) is 1. The van der Waals surface area contributed by atoms with Crippen LogP contribution in [0.5, 0.6) is 0 Å².